The van der Waals surface area contributed by atoms with Crippen LogP contribution in [-0.2, 0) is 11.2 Å². The number of aryl methyl sites for hydroxylation is 1. The summed E-state index contributed by atoms with van der Waals surface area (Å²) in [5, 5.41) is 12.6. The van der Waals surface area contributed by atoms with Crippen LogP contribution in [0.2, 0.25) is 10.0 Å². The molecule has 0 aliphatic carbocycles. The topological polar surface area (TPSA) is 66.4 Å². The summed E-state index contributed by atoms with van der Waals surface area (Å²) in [4.78, 5) is 23.1. The number of carbonyl (C=O) groups excluding carboxylic acids is 1. The van der Waals surface area contributed by atoms with Gasteiger partial charge < -0.3 is 10.4 Å². The molecule has 4 nitrogen and oxygen atoms in total. The zero-order valence-electron chi connectivity index (χ0n) is 11.5. The maximum atomic E-state index is 12.0. The van der Waals surface area contributed by atoms with Gasteiger partial charge in [0.15, 0.2) is 0 Å². The van der Waals surface area contributed by atoms with E-state index in [0.717, 1.165) is 5.56 Å². The predicted molar refractivity (Wildman–Crippen MR) is 86.8 cm³/mol. The van der Waals surface area contributed by atoms with E-state index in [2.05, 4.69) is 5.32 Å². The van der Waals surface area contributed by atoms with Gasteiger partial charge in [-0.1, -0.05) is 35.3 Å². The molecule has 114 valence electrons. The third-order valence-electron chi connectivity index (χ3n) is 3.02. The first kappa shape index (κ1) is 16.3. The lowest BCUT2D eigenvalue weighted by atomic mass is 10.1. The van der Waals surface area contributed by atoms with Gasteiger partial charge in [0.05, 0.1) is 11.3 Å². The van der Waals surface area contributed by atoms with E-state index in [9.17, 15) is 9.59 Å². The minimum atomic E-state index is -1.15. The smallest absolute Gasteiger partial charge is 0.337 e. The Kier molecular flexibility index (Phi) is 5.41. The molecule has 0 fully saturated rings. The van der Waals surface area contributed by atoms with E-state index in [0.29, 0.717) is 16.5 Å². The van der Waals surface area contributed by atoms with Gasteiger partial charge in [-0.15, -0.1) is 0 Å². The molecular formula is C16H13Cl2NO3. The third kappa shape index (κ3) is 4.48. The summed E-state index contributed by atoms with van der Waals surface area (Å²) in [5.41, 5.74) is 1.13. The first-order chi connectivity index (χ1) is 10.5. The number of hydrogen-bond acceptors (Lipinski definition) is 2. The summed E-state index contributed by atoms with van der Waals surface area (Å²) in [6.07, 6.45) is 0.740. The molecule has 0 aromatic heterocycles. The fraction of sp³-hybridized carbons (Fsp3) is 0.125. The molecule has 6 heteroatoms. The SMILES string of the molecule is O=C(CCc1cccc(Cl)c1)Nc1ccc(Cl)cc1C(=O)O. The van der Waals surface area contributed by atoms with Gasteiger partial charge in [-0.25, -0.2) is 4.79 Å². The predicted octanol–water partition coefficient (Wildman–Crippen LogP) is 4.26. The number of carboxylic acid groups (broad SMARTS) is 1. The van der Waals surface area contributed by atoms with Crippen molar-refractivity contribution < 1.29 is 14.7 Å². The van der Waals surface area contributed by atoms with Crippen LogP contribution < -0.4 is 5.32 Å². The average molecular weight is 338 g/mol. The number of rotatable bonds is 5. The standard InChI is InChI=1S/C16H13Cl2NO3/c17-11-3-1-2-10(8-11)4-7-15(20)19-14-6-5-12(18)9-13(14)16(21)22/h1-3,5-6,8-9H,4,7H2,(H,19,20)(H,21,22). The lowest BCUT2D eigenvalue weighted by molar-refractivity contribution is -0.116. The third-order valence-corrected chi connectivity index (χ3v) is 3.49. The second-order valence-electron chi connectivity index (χ2n) is 4.67. The summed E-state index contributed by atoms with van der Waals surface area (Å²) in [6.45, 7) is 0. The van der Waals surface area contributed by atoms with Gasteiger partial charge in [0.1, 0.15) is 0 Å². The molecule has 0 bridgehead atoms. The summed E-state index contributed by atoms with van der Waals surface area (Å²) < 4.78 is 0. The van der Waals surface area contributed by atoms with Gasteiger partial charge >= 0.3 is 5.97 Å². The largest absolute Gasteiger partial charge is 0.478 e. The molecule has 2 aromatic carbocycles. The van der Waals surface area contributed by atoms with Crippen molar-refractivity contribution in [2.75, 3.05) is 5.32 Å². The lowest BCUT2D eigenvalue weighted by Gasteiger charge is -2.09. The Morgan fingerprint density at radius 3 is 2.45 bits per heavy atom. The molecule has 0 saturated carbocycles. The van der Waals surface area contributed by atoms with Crippen LogP contribution in [0.5, 0.6) is 0 Å². The molecule has 1 amide bonds. The van der Waals surface area contributed by atoms with Crippen LogP contribution in [0, 0.1) is 0 Å². The van der Waals surface area contributed by atoms with Gasteiger partial charge in [-0.2, -0.15) is 0 Å². The molecule has 22 heavy (non-hydrogen) atoms. The van der Waals surface area contributed by atoms with Crippen LogP contribution in [0.15, 0.2) is 42.5 Å². The fourth-order valence-electron chi connectivity index (χ4n) is 1.97. The molecule has 0 unspecified atom stereocenters. The van der Waals surface area contributed by atoms with Gasteiger partial charge in [0.25, 0.3) is 0 Å². The first-order valence-electron chi connectivity index (χ1n) is 6.53. The second-order valence-corrected chi connectivity index (χ2v) is 5.55. The Balaban J connectivity index is 2.02. The van der Waals surface area contributed by atoms with Crippen molar-refractivity contribution in [3.63, 3.8) is 0 Å². The number of carbonyl (C=O) groups is 2. The first-order valence-corrected chi connectivity index (χ1v) is 7.28. The van der Waals surface area contributed by atoms with Gasteiger partial charge in [-0.3, -0.25) is 4.79 Å². The highest BCUT2D eigenvalue weighted by Crippen LogP contribution is 2.21. The number of carboxylic acids is 1. The molecule has 0 radical (unpaired) electrons. The van der Waals surface area contributed by atoms with Gasteiger partial charge in [0.2, 0.25) is 5.91 Å². The highest BCUT2D eigenvalue weighted by molar-refractivity contribution is 6.31. The number of aromatic carboxylic acids is 1. The summed E-state index contributed by atoms with van der Waals surface area (Å²) in [5.74, 6) is -1.42. The Hall–Kier alpha value is -2.04. The van der Waals surface area contributed by atoms with E-state index in [1.807, 2.05) is 12.1 Å². The average Bonchev–Trinajstić information content (AvgIpc) is 2.47. The number of halogens is 2. The Labute approximate surface area is 137 Å². The Morgan fingerprint density at radius 1 is 1.05 bits per heavy atom. The molecule has 0 spiro atoms. The van der Waals surface area contributed by atoms with Crippen LogP contribution >= 0.6 is 23.2 Å². The van der Waals surface area contributed by atoms with E-state index in [-0.39, 0.29) is 23.6 Å². The van der Waals surface area contributed by atoms with Gasteiger partial charge in [-0.05, 0) is 42.3 Å². The fourth-order valence-corrected chi connectivity index (χ4v) is 2.35. The van der Waals surface area contributed by atoms with E-state index in [1.54, 1.807) is 12.1 Å². The number of benzene rings is 2. The van der Waals surface area contributed by atoms with Crippen molar-refractivity contribution in [1.82, 2.24) is 0 Å². The van der Waals surface area contributed by atoms with Crippen LogP contribution in [0.1, 0.15) is 22.3 Å². The molecular weight excluding hydrogens is 325 g/mol. The molecule has 0 atom stereocenters. The Bertz CT molecular complexity index is 716. The van der Waals surface area contributed by atoms with Crippen LogP contribution in [0.3, 0.4) is 0 Å². The summed E-state index contributed by atoms with van der Waals surface area (Å²) in [7, 11) is 0. The van der Waals surface area contributed by atoms with Crippen LogP contribution in [0.4, 0.5) is 5.69 Å². The molecule has 0 aliphatic rings. The van der Waals surface area contributed by atoms with Crippen molar-refractivity contribution in [3.05, 3.63) is 63.6 Å². The van der Waals surface area contributed by atoms with E-state index < -0.39 is 5.97 Å². The quantitative estimate of drug-likeness (QED) is 0.856. The maximum Gasteiger partial charge on any atom is 0.337 e. The monoisotopic (exact) mass is 337 g/mol. The van der Waals surface area contributed by atoms with E-state index in [4.69, 9.17) is 28.3 Å². The number of anilines is 1. The molecule has 2 rings (SSSR count). The second kappa shape index (κ2) is 7.29. The normalized spacial score (nSPS) is 10.3. The van der Waals surface area contributed by atoms with Crippen molar-refractivity contribution in [2.24, 2.45) is 0 Å². The minimum Gasteiger partial charge on any atom is -0.478 e. The molecule has 0 heterocycles. The zero-order chi connectivity index (χ0) is 16.1. The lowest BCUT2D eigenvalue weighted by Crippen LogP contribution is -2.15. The molecule has 2 N–H and O–H groups in total. The van der Waals surface area contributed by atoms with E-state index >= 15 is 0 Å². The molecule has 0 saturated heterocycles. The molecule has 0 aliphatic heterocycles. The van der Waals surface area contributed by atoms with Crippen molar-refractivity contribution in [3.8, 4) is 0 Å². The van der Waals surface area contributed by atoms with Crippen molar-refractivity contribution in [1.29, 1.82) is 0 Å². The van der Waals surface area contributed by atoms with Crippen molar-refractivity contribution >= 4 is 40.8 Å². The maximum absolute atomic E-state index is 12.0. The highest BCUT2D eigenvalue weighted by Gasteiger charge is 2.13. The molecule has 2 aromatic rings. The van der Waals surface area contributed by atoms with Crippen LogP contribution in [0.25, 0.3) is 0 Å². The number of nitrogens with one attached hydrogen (secondary N) is 1. The minimum absolute atomic E-state index is 0.0383. The highest BCUT2D eigenvalue weighted by atomic mass is 35.5. The number of hydrogen-bond donors (Lipinski definition) is 2. The van der Waals surface area contributed by atoms with Crippen molar-refractivity contribution in [2.45, 2.75) is 12.8 Å². The summed E-state index contributed by atoms with van der Waals surface area (Å²) >= 11 is 11.6. The van der Waals surface area contributed by atoms with Crippen LogP contribution in [-0.4, -0.2) is 17.0 Å². The number of amides is 1. The van der Waals surface area contributed by atoms with E-state index in [1.165, 1.54) is 18.2 Å². The zero-order valence-corrected chi connectivity index (χ0v) is 13.0. The Morgan fingerprint density at radius 2 is 1.77 bits per heavy atom. The summed E-state index contributed by atoms with van der Waals surface area (Å²) in [6, 6.07) is 11.6. The van der Waals surface area contributed by atoms with Gasteiger partial charge in [0, 0.05) is 16.5 Å².